The van der Waals surface area contributed by atoms with Crippen LogP contribution in [0, 0.1) is 12.3 Å². The molecule has 0 fully saturated rings. The molecule has 0 aliphatic carbocycles. The molecular formula is C41H44BF4N3Pt. The second kappa shape index (κ2) is 17.2. The minimum absolute atomic E-state index is 0. The molecule has 3 nitrogen and oxygen atoms in total. The van der Waals surface area contributed by atoms with Gasteiger partial charge in [0, 0.05) is 12.4 Å². The molecule has 9 heteroatoms. The number of nitrogens with zero attached hydrogens (tertiary/aromatic N) is 3. The predicted octanol–water partition coefficient (Wildman–Crippen LogP) is 11.7. The summed E-state index contributed by atoms with van der Waals surface area (Å²) in [5, 5.41) is 0. The zero-order valence-electron chi connectivity index (χ0n) is 30.1. The Morgan fingerprint density at radius 2 is 0.880 bits per heavy atom. The van der Waals surface area contributed by atoms with Crippen LogP contribution in [-0.2, 0) is 37.3 Å². The Morgan fingerprint density at radius 1 is 0.520 bits per heavy atom. The third-order valence-corrected chi connectivity index (χ3v) is 7.60. The summed E-state index contributed by atoms with van der Waals surface area (Å²) in [4.78, 5) is 14.3. The van der Waals surface area contributed by atoms with Crippen LogP contribution in [0.1, 0.15) is 84.6 Å². The fourth-order valence-electron chi connectivity index (χ4n) is 4.68. The molecule has 0 atom stereocenters. The SMILES string of the molecule is CC(C)(C)c1ccnc(-c2cc(C(C)(C)C)cc(-c3cc(C(C)(C)C)ccn3)n2)c1.F[B-](F)(F)F.[C-]#Cc1ccc(-c2ccccc2)cc1.[Pt+2]. The molecule has 5 aromatic rings. The van der Waals surface area contributed by atoms with E-state index in [9.17, 15) is 17.3 Å². The number of aromatic nitrogens is 3. The largest absolute Gasteiger partial charge is 2.00 e. The van der Waals surface area contributed by atoms with Gasteiger partial charge in [0.25, 0.3) is 0 Å². The molecule has 3 aromatic heterocycles. The van der Waals surface area contributed by atoms with Crippen molar-refractivity contribution in [3.05, 3.63) is 132 Å². The number of pyridine rings is 3. The van der Waals surface area contributed by atoms with Gasteiger partial charge in [-0.05, 0) is 80.5 Å². The first kappa shape index (κ1) is 42.1. The van der Waals surface area contributed by atoms with Gasteiger partial charge in [-0.3, -0.25) is 15.9 Å². The molecule has 0 saturated carbocycles. The minimum atomic E-state index is -6.00. The molecule has 2 aromatic carbocycles. The number of halogens is 4. The topological polar surface area (TPSA) is 38.7 Å². The summed E-state index contributed by atoms with van der Waals surface area (Å²) >= 11 is 0. The summed E-state index contributed by atoms with van der Waals surface area (Å²) in [5.41, 5.74) is 10.6. The zero-order chi connectivity index (χ0) is 36.6. The quantitative estimate of drug-likeness (QED) is 0.0785. The van der Waals surface area contributed by atoms with E-state index in [1.165, 1.54) is 27.8 Å². The zero-order valence-corrected chi connectivity index (χ0v) is 32.3. The van der Waals surface area contributed by atoms with Crippen LogP contribution in [-0.4, -0.2) is 22.2 Å². The molecule has 3 heterocycles. The maximum Gasteiger partial charge on any atom is 2.00 e. The van der Waals surface area contributed by atoms with Gasteiger partial charge in [0.05, 0.1) is 22.8 Å². The van der Waals surface area contributed by atoms with Crippen LogP contribution in [0.15, 0.2) is 103 Å². The van der Waals surface area contributed by atoms with E-state index in [0.29, 0.717) is 0 Å². The smallest absolute Gasteiger partial charge is 0.418 e. The first-order valence-electron chi connectivity index (χ1n) is 16.1. The maximum absolute atomic E-state index is 9.75. The molecule has 0 radical (unpaired) electrons. The van der Waals surface area contributed by atoms with Crippen molar-refractivity contribution in [3.8, 4) is 39.8 Å². The Labute approximate surface area is 309 Å². The van der Waals surface area contributed by atoms with E-state index in [0.717, 1.165) is 28.3 Å². The van der Waals surface area contributed by atoms with Crippen molar-refractivity contribution < 1.29 is 38.3 Å². The maximum atomic E-state index is 9.75. The monoisotopic (exact) mass is 860 g/mol. The van der Waals surface area contributed by atoms with E-state index in [4.69, 9.17) is 11.4 Å². The van der Waals surface area contributed by atoms with Crippen molar-refractivity contribution in [3.63, 3.8) is 0 Å². The summed E-state index contributed by atoms with van der Waals surface area (Å²) in [6.45, 7) is 20.0. The van der Waals surface area contributed by atoms with Crippen LogP contribution >= 0.6 is 0 Å². The fourth-order valence-corrected chi connectivity index (χ4v) is 4.68. The minimum Gasteiger partial charge on any atom is -0.418 e. The van der Waals surface area contributed by atoms with E-state index in [2.05, 4.69) is 127 Å². The van der Waals surface area contributed by atoms with E-state index >= 15 is 0 Å². The summed E-state index contributed by atoms with van der Waals surface area (Å²) in [6, 6.07) is 30.8. The summed E-state index contributed by atoms with van der Waals surface area (Å²) < 4.78 is 39.0. The molecule has 0 saturated heterocycles. The molecule has 0 aliphatic heterocycles. The van der Waals surface area contributed by atoms with Crippen molar-refractivity contribution in [2.45, 2.75) is 78.6 Å². The van der Waals surface area contributed by atoms with Gasteiger partial charge in [-0.1, -0.05) is 105 Å². The van der Waals surface area contributed by atoms with Crippen molar-refractivity contribution in [2.24, 2.45) is 0 Å². The molecule has 0 N–H and O–H groups in total. The van der Waals surface area contributed by atoms with Crippen LogP contribution in [0.25, 0.3) is 33.9 Å². The molecule has 50 heavy (non-hydrogen) atoms. The second-order valence-corrected chi connectivity index (χ2v) is 14.8. The molecule has 0 spiro atoms. The molecular weight excluding hydrogens is 816 g/mol. The van der Waals surface area contributed by atoms with Gasteiger partial charge in [0.15, 0.2) is 0 Å². The Morgan fingerprint density at radius 3 is 1.24 bits per heavy atom. The molecule has 0 bridgehead atoms. The van der Waals surface area contributed by atoms with Crippen LogP contribution in [0.2, 0.25) is 0 Å². The van der Waals surface area contributed by atoms with Crippen LogP contribution in [0.3, 0.4) is 0 Å². The van der Waals surface area contributed by atoms with Crippen molar-refractivity contribution >= 4 is 7.25 Å². The van der Waals surface area contributed by atoms with Crippen LogP contribution in [0.4, 0.5) is 17.3 Å². The number of hydrogen-bond donors (Lipinski definition) is 0. The van der Waals surface area contributed by atoms with Crippen molar-refractivity contribution in [1.29, 1.82) is 0 Å². The van der Waals surface area contributed by atoms with Gasteiger partial charge >= 0.3 is 28.3 Å². The Balaban J connectivity index is 0.000000358. The number of benzene rings is 2. The van der Waals surface area contributed by atoms with Crippen molar-refractivity contribution in [1.82, 2.24) is 15.0 Å². The normalized spacial score (nSPS) is 11.5. The Bertz CT molecular complexity index is 1780. The third kappa shape index (κ3) is 13.3. The van der Waals surface area contributed by atoms with E-state index < -0.39 is 7.25 Å². The van der Waals surface area contributed by atoms with Gasteiger partial charge < -0.3 is 23.7 Å². The van der Waals surface area contributed by atoms with Crippen LogP contribution in [0.5, 0.6) is 0 Å². The van der Waals surface area contributed by atoms with Gasteiger partial charge in [0.1, 0.15) is 0 Å². The average Bonchev–Trinajstić information content (AvgIpc) is 3.03. The standard InChI is InChI=1S/C27H35N3.C14H9.BF4.Pt/c1-25(2,3)18-10-12-28-21(14-18)23-16-20(27(7,8)9)17-24(30-23)22-15-19(11-13-29-22)26(4,5)6;1-2-12-8-10-14(11-9-12)13-6-4-3-5-7-13;2-1(3,4)5;/h10-17H,1-9H3;3-11H;;/q;2*-1;+2. The fraction of sp³-hybridized carbons (Fsp3) is 0.293. The molecule has 0 aliphatic rings. The van der Waals surface area contributed by atoms with Gasteiger partial charge in [-0.25, -0.2) is 4.98 Å². The molecule has 264 valence electrons. The van der Waals surface area contributed by atoms with E-state index in [1.807, 2.05) is 54.9 Å². The summed E-state index contributed by atoms with van der Waals surface area (Å²) in [5.74, 6) is 2.36. The number of rotatable bonds is 3. The van der Waals surface area contributed by atoms with E-state index in [-0.39, 0.29) is 37.3 Å². The van der Waals surface area contributed by atoms with Gasteiger partial charge in [-0.15, -0.1) is 17.7 Å². The molecule has 5 rings (SSSR count). The van der Waals surface area contributed by atoms with Crippen molar-refractivity contribution in [2.75, 3.05) is 0 Å². The first-order valence-corrected chi connectivity index (χ1v) is 16.1. The second-order valence-electron chi connectivity index (χ2n) is 14.8. The first-order chi connectivity index (χ1) is 22.6. The molecule has 0 unspecified atom stereocenters. The van der Waals surface area contributed by atoms with Gasteiger partial charge in [0.2, 0.25) is 0 Å². The third-order valence-electron chi connectivity index (χ3n) is 7.60. The Kier molecular flexibility index (Phi) is 14.5. The summed E-state index contributed by atoms with van der Waals surface area (Å²) in [7, 11) is -6.00. The predicted molar refractivity (Wildman–Crippen MR) is 195 cm³/mol. The summed E-state index contributed by atoms with van der Waals surface area (Å²) in [6.07, 6.45) is 10.7. The van der Waals surface area contributed by atoms with E-state index in [1.54, 1.807) is 0 Å². The van der Waals surface area contributed by atoms with Gasteiger partial charge in [-0.2, -0.15) is 0 Å². The average molecular weight is 861 g/mol. The molecule has 0 amide bonds. The number of hydrogen-bond acceptors (Lipinski definition) is 3. The van der Waals surface area contributed by atoms with Crippen LogP contribution < -0.4 is 0 Å². The Hall–Kier alpha value is -4.08.